The molecule has 1 aromatic carbocycles. The smallest absolute Gasteiger partial charge is 0.231 e. The first-order valence-electron chi connectivity index (χ1n) is 6.47. The van der Waals surface area contributed by atoms with Gasteiger partial charge in [-0.15, -0.1) is 0 Å². The fourth-order valence-electron chi connectivity index (χ4n) is 2.53. The van der Waals surface area contributed by atoms with Crippen molar-refractivity contribution >= 4 is 11.6 Å². The van der Waals surface area contributed by atoms with E-state index in [1.165, 1.54) is 5.56 Å². The van der Waals surface area contributed by atoms with Crippen molar-refractivity contribution in [1.29, 1.82) is 0 Å². The molecule has 0 bridgehead atoms. The molecule has 0 aliphatic rings. The van der Waals surface area contributed by atoms with Crippen molar-refractivity contribution in [3.05, 3.63) is 28.8 Å². The Morgan fingerprint density at radius 2 is 1.78 bits per heavy atom. The van der Waals surface area contributed by atoms with Crippen LogP contribution in [0.4, 0.5) is 5.69 Å². The lowest BCUT2D eigenvalue weighted by atomic mass is 10.0. The second-order valence-electron chi connectivity index (χ2n) is 4.99. The van der Waals surface area contributed by atoms with Gasteiger partial charge in [-0.1, -0.05) is 24.6 Å². The minimum atomic E-state index is -0.0879. The molecule has 0 spiro atoms. The summed E-state index contributed by atoms with van der Waals surface area (Å²) in [4.78, 5) is 14.1. The molecule has 3 nitrogen and oxygen atoms in total. The number of anilines is 1. The summed E-state index contributed by atoms with van der Waals surface area (Å²) in [5, 5.41) is 0. The van der Waals surface area contributed by atoms with Crippen LogP contribution in [0.1, 0.15) is 30.0 Å². The van der Waals surface area contributed by atoms with Gasteiger partial charge < -0.3 is 10.6 Å². The molecule has 2 N–H and O–H groups in total. The van der Waals surface area contributed by atoms with Gasteiger partial charge in [0.1, 0.15) is 0 Å². The van der Waals surface area contributed by atoms with Gasteiger partial charge in [0.2, 0.25) is 5.91 Å². The summed E-state index contributed by atoms with van der Waals surface area (Å²) in [6.45, 7) is 8.56. The van der Waals surface area contributed by atoms with Crippen molar-refractivity contribution < 1.29 is 4.79 Å². The highest BCUT2D eigenvalue weighted by atomic mass is 16.2. The van der Waals surface area contributed by atoms with Crippen molar-refractivity contribution in [2.75, 3.05) is 18.5 Å². The van der Waals surface area contributed by atoms with Gasteiger partial charge in [-0.2, -0.15) is 0 Å². The van der Waals surface area contributed by atoms with Gasteiger partial charge in [0.25, 0.3) is 0 Å². The molecule has 0 aliphatic carbocycles. The number of nitrogens with zero attached hydrogens (tertiary/aromatic N) is 1. The maximum Gasteiger partial charge on any atom is 0.231 e. The van der Waals surface area contributed by atoms with Gasteiger partial charge >= 0.3 is 0 Å². The zero-order valence-corrected chi connectivity index (χ0v) is 12.1. The second kappa shape index (κ2) is 6.01. The van der Waals surface area contributed by atoms with E-state index in [0.717, 1.165) is 23.2 Å². The monoisotopic (exact) mass is 248 g/mol. The van der Waals surface area contributed by atoms with E-state index in [0.29, 0.717) is 6.54 Å². The molecular weight excluding hydrogens is 224 g/mol. The van der Waals surface area contributed by atoms with E-state index in [1.807, 2.05) is 27.8 Å². The first-order chi connectivity index (χ1) is 8.42. The highest BCUT2D eigenvalue weighted by Gasteiger charge is 2.22. The Balaban J connectivity index is 3.11. The SMILES string of the molecule is CCC(CN)C(=O)N(C)c1c(C)cc(C)cc1C. The highest BCUT2D eigenvalue weighted by Crippen LogP contribution is 2.26. The van der Waals surface area contributed by atoms with Gasteiger partial charge in [0.05, 0.1) is 5.92 Å². The minimum Gasteiger partial charge on any atom is -0.330 e. The maximum atomic E-state index is 12.3. The maximum absolute atomic E-state index is 12.3. The van der Waals surface area contributed by atoms with E-state index in [-0.39, 0.29) is 11.8 Å². The van der Waals surface area contributed by atoms with Crippen LogP contribution in [0, 0.1) is 26.7 Å². The Hall–Kier alpha value is -1.35. The van der Waals surface area contributed by atoms with Crippen molar-refractivity contribution in [3.63, 3.8) is 0 Å². The standard InChI is InChI=1S/C15H24N2O/c1-6-13(9-16)15(18)17(5)14-11(3)7-10(2)8-12(14)4/h7-8,13H,6,9,16H2,1-5H3. The van der Waals surface area contributed by atoms with E-state index in [9.17, 15) is 4.79 Å². The summed E-state index contributed by atoms with van der Waals surface area (Å²) in [7, 11) is 1.84. The van der Waals surface area contributed by atoms with Crippen LogP contribution in [0.3, 0.4) is 0 Å². The molecule has 0 fully saturated rings. The third kappa shape index (κ3) is 2.91. The normalized spacial score (nSPS) is 12.3. The van der Waals surface area contributed by atoms with Crippen LogP contribution in [-0.2, 0) is 4.79 Å². The molecule has 1 amide bonds. The van der Waals surface area contributed by atoms with Crippen LogP contribution in [-0.4, -0.2) is 19.5 Å². The molecular formula is C15H24N2O. The number of aryl methyl sites for hydroxylation is 3. The highest BCUT2D eigenvalue weighted by molar-refractivity contribution is 5.96. The Kier molecular flexibility index (Phi) is 4.91. The lowest BCUT2D eigenvalue weighted by Crippen LogP contribution is -2.37. The summed E-state index contributed by atoms with van der Waals surface area (Å²) in [5.74, 6) is 0.0187. The fourth-order valence-corrected chi connectivity index (χ4v) is 2.53. The molecule has 0 radical (unpaired) electrons. The van der Waals surface area contributed by atoms with Crippen molar-refractivity contribution in [1.82, 2.24) is 0 Å². The second-order valence-corrected chi connectivity index (χ2v) is 4.99. The van der Waals surface area contributed by atoms with Gasteiger partial charge in [-0.25, -0.2) is 0 Å². The Labute approximate surface area is 110 Å². The summed E-state index contributed by atoms with van der Waals surface area (Å²) < 4.78 is 0. The van der Waals surface area contributed by atoms with Gasteiger partial charge in [-0.05, 0) is 38.3 Å². The number of nitrogens with two attached hydrogens (primary N) is 1. The average molecular weight is 248 g/mol. The Morgan fingerprint density at radius 3 is 2.17 bits per heavy atom. The third-order valence-electron chi connectivity index (χ3n) is 3.43. The summed E-state index contributed by atoms with van der Waals surface area (Å²) in [5.41, 5.74) is 10.2. The van der Waals surface area contributed by atoms with Crippen molar-refractivity contribution in [3.8, 4) is 0 Å². The summed E-state index contributed by atoms with van der Waals surface area (Å²) >= 11 is 0. The third-order valence-corrected chi connectivity index (χ3v) is 3.43. The molecule has 1 aromatic rings. The summed E-state index contributed by atoms with van der Waals surface area (Å²) in [6.07, 6.45) is 0.781. The predicted octanol–water partition coefficient (Wildman–Crippen LogP) is 2.56. The number of carbonyl (C=O) groups is 1. The summed E-state index contributed by atoms with van der Waals surface area (Å²) in [6, 6.07) is 4.21. The van der Waals surface area contributed by atoms with Crippen LogP contribution < -0.4 is 10.6 Å². The topological polar surface area (TPSA) is 46.3 Å². The van der Waals surface area contributed by atoms with Crippen LogP contribution in [0.15, 0.2) is 12.1 Å². The predicted molar refractivity (Wildman–Crippen MR) is 76.9 cm³/mol. The first-order valence-corrected chi connectivity index (χ1v) is 6.47. The van der Waals surface area contributed by atoms with Crippen molar-refractivity contribution in [2.24, 2.45) is 11.7 Å². The zero-order valence-electron chi connectivity index (χ0n) is 12.1. The number of carbonyl (C=O) groups excluding carboxylic acids is 1. The van der Waals surface area contributed by atoms with Crippen LogP contribution in [0.25, 0.3) is 0 Å². The Bertz CT molecular complexity index is 413. The zero-order chi connectivity index (χ0) is 13.9. The molecule has 100 valence electrons. The largest absolute Gasteiger partial charge is 0.330 e. The number of amides is 1. The molecule has 0 aliphatic heterocycles. The molecule has 3 heteroatoms. The fraction of sp³-hybridized carbons (Fsp3) is 0.533. The van der Waals surface area contributed by atoms with Crippen LogP contribution in [0.5, 0.6) is 0 Å². The molecule has 1 unspecified atom stereocenters. The molecule has 0 saturated carbocycles. The van der Waals surface area contributed by atoms with Crippen LogP contribution in [0.2, 0.25) is 0 Å². The number of rotatable bonds is 4. The van der Waals surface area contributed by atoms with Gasteiger partial charge in [0, 0.05) is 19.3 Å². The number of hydrogen-bond donors (Lipinski definition) is 1. The lowest BCUT2D eigenvalue weighted by Gasteiger charge is -2.25. The molecule has 0 saturated heterocycles. The minimum absolute atomic E-state index is 0.0879. The first kappa shape index (κ1) is 14.7. The lowest BCUT2D eigenvalue weighted by molar-refractivity contribution is -0.121. The van der Waals surface area contributed by atoms with Crippen molar-refractivity contribution in [2.45, 2.75) is 34.1 Å². The van der Waals surface area contributed by atoms with Crippen LogP contribution >= 0.6 is 0 Å². The van der Waals surface area contributed by atoms with E-state index in [4.69, 9.17) is 5.73 Å². The quantitative estimate of drug-likeness (QED) is 0.890. The van der Waals surface area contributed by atoms with E-state index in [1.54, 1.807) is 4.90 Å². The molecule has 1 atom stereocenters. The van der Waals surface area contributed by atoms with E-state index < -0.39 is 0 Å². The number of benzene rings is 1. The number of hydrogen-bond acceptors (Lipinski definition) is 2. The van der Waals surface area contributed by atoms with E-state index in [2.05, 4.69) is 19.1 Å². The van der Waals surface area contributed by atoms with Gasteiger partial charge in [0.15, 0.2) is 0 Å². The molecule has 0 heterocycles. The average Bonchev–Trinajstić information content (AvgIpc) is 2.28. The molecule has 0 aromatic heterocycles. The molecule has 1 rings (SSSR count). The Morgan fingerprint density at radius 1 is 1.28 bits per heavy atom. The molecule has 18 heavy (non-hydrogen) atoms. The van der Waals surface area contributed by atoms with E-state index >= 15 is 0 Å². The van der Waals surface area contributed by atoms with Gasteiger partial charge in [-0.3, -0.25) is 4.79 Å².